The Morgan fingerprint density at radius 1 is 1.47 bits per heavy atom. The summed E-state index contributed by atoms with van der Waals surface area (Å²) in [6.07, 6.45) is 8.90. The van der Waals surface area contributed by atoms with Gasteiger partial charge in [0, 0.05) is 13.1 Å². The zero-order chi connectivity index (χ0) is 13.5. The quantitative estimate of drug-likeness (QED) is 0.860. The molecule has 1 heterocycles. The number of carbonyl (C=O) groups is 1. The lowest BCUT2D eigenvalue weighted by atomic mass is 9.86. The topological polar surface area (TPSA) is 68.9 Å². The average Bonchev–Trinajstić information content (AvgIpc) is 2.94. The molecule has 3 rings (SSSR count). The molecule has 1 N–H and O–H groups in total. The highest BCUT2D eigenvalue weighted by molar-refractivity contribution is 5.76. The molecule has 2 saturated carbocycles. The zero-order valence-electron chi connectivity index (χ0n) is 11.3. The molecule has 0 aromatic carbocycles. The number of nitrogens with one attached hydrogen (secondary N) is 1. The predicted molar refractivity (Wildman–Crippen MR) is 69.5 cm³/mol. The smallest absolute Gasteiger partial charge is 0.345 e. The van der Waals surface area contributed by atoms with Crippen molar-refractivity contribution in [2.24, 2.45) is 12.5 Å². The minimum atomic E-state index is -0.252. The van der Waals surface area contributed by atoms with E-state index in [1.165, 1.54) is 47.7 Å². The molecule has 1 unspecified atom stereocenters. The lowest BCUT2D eigenvalue weighted by molar-refractivity contribution is -0.122. The van der Waals surface area contributed by atoms with Gasteiger partial charge in [-0.1, -0.05) is 19.3 Å². The first-order chi connectivity index (χ1) is 9.11. The lowest BCUT2D eigenvalue weighted by Crippen LogP contribution is -2.36. The van der Waals surface area contributed by atoms with E-state index >= 15 is 0 Å². The highest BCUT2D eigenvalue weighted by Gasteiger charge is 2.54. The highest BCUT2D eigenvalue weighted by Crippen LogP contribution is 2.56. The van der Waals surface area contributed by atoms with Gasteiger partial charge in [-0.15, -0.1) is 0 Å². The third-order valence-corrected chi connectivity index (χ3v) is 4.55. The van der Waals surface area contributed by atoms with Crippen LogP contribution >= 0.6 is 0 Å². The van der Waals surface area contributed by atoms with E-state index in [0.29, 0.717) is 11.5 Å². The lowest BCUT2D eigenvalue weighted by Gasteiger charge is -2.22. The van der Waals surface area contributed by atoms with Gasteiger partial charge in [0.25, 0.3) is 0 Å². The predicted octanol–water partition coefficient (Wildman–Crippen LogP) is 0.421. The molecular formula is C13H20N4O2. The molecule has 6 nitrogen and oxygen atoms in total. The van der Waals surface area contributed by atoms with Gasteiger partial charge >= 0.3 is 5.69 Å². The summed E-state index contributed by atoms with van der Waals surface area (Å²) in [5.74, 6) is -0.103. The maximum Gasteiger partial charge on any atom is 0.345 e. The molecule has 1 amide bonds. The van der Waals surface area contributed by atoms with Crippen LogP contribution in [0.15, 0.2) is 11.1 Å². The Bertz CT molecular complexity index is 539. The van der Waals surface area contributed by atoms with E-state index in [9.17, 15) is 9.59 Å². The number of rotatable bonds is 3. The molecule has 0 aliphatic heterocycles. The second-order valence-electron chi connectivity index (χ2n) is 5.93. The van der Waals surface area contributed by atoms with Crippen molar-refractivity contribution in [3.05, 3.63) is 16.8 Å². The van der Waals surface area contributed by atoms with E-state index in [0.717, 1.165) is 6.42 Å². The first kappa shape index (κ1) is 12.4. The van der Waals surface area contributed by atoms with Crippen molar-refractivity contribution in [2.45, 2.75) is 51.1 Å². The molecular weight excluding hydrogens is 244 g/mol. The number of hydrogen-bond donors (Lipinski definition) is 1. The SMILES string of the molecule is Cn1cnn(CC(=O)NC2CC23CCCCC3)c1=O. The first-order valence-electron chi connectivity index (χ1n) is 6.99. The van der Waals surface area contributed by atoms with Crippen LogP contribution in [0.4, 0.5) is 0 Å². The third-order valence-electron chi connectivity index (χ3n) is 4.55. The van der Waals surface area contributed by atoms with Gasteiger partial charge in [-0.05, 0) is 24.7 Å². The van der Waals surface area contributed by atoms with Crippen LogP contribution in [-0.2, 0) is 18.4 Å². The fraction of sp³-hybridized carbons (Fsp3) is 0.769. The first-order valence-corrected chi connectivity index (χ1v) is 6.99. The molecule has 1 aromatic heterocycles. The molecule has 1 atom stereocenters. The fourth-order valence-corrected chi connectivity index (χ4v) is 3.27. The summed E-state index contributed by atoms with van der Waals surface area (Å²) in [5, 5.41) is 6.94. The van der Waals surface area contributed by atoms with Gasteiger partial charge in [0.05, 0.1) is 0 Å². The Labute approximate surface area is 111 Å². The van der Waals surface area contributed by atoms with Gasteiger partial charge in [-0.3, -0.25) is 9.36 Å². The number of hydrogen-bond acceptors (Lipinski definition) is 3. The van der Waals surface area contributed by atoms with Crippen LogP contribution in [-0.4, -0.2) is 26.3 Å². The van der Waals surface area contributed by atoms with Crippen LogP contribution in [0, 0.1) is 5.41 Å². The van der Waals surface area contributed by atoms with E-state index in [-0.39, 0.29) is 18.1 Å². The Morgan fingerprint density at radius 3 is 2.84 bits per heavy atom. The van der Waals surface area contributed by atoms with Gasteiger partial charge in [0.15, 0.2) is 0 Å². The fourth-order valence-electron chi connectivity index (χ4n) is 3.27. The van der Waals surface area contributed by atoms with Crippen LogP contribution in [0.1, 0.15) is 38.5 Å². The van der Waals surface area contributed by atoms with Crippen molar-refractivity contribution < 1.29 is 4.79 Å². The maximum absolute atomic E-state index is 11.9. The van der Waals surface area contributed by atoms with Crippen molar-refractivity contribution in [2.75, 3.05) is 0 Å². The molecule has 6 heteroatoms. The summed E-state index contributed by atoms with van der Waals surface area (Å²) in [4.78, 5) is 23.5. The number of nitrogens with zero attached hydrogens (tertiary/aromatic N) is 3. The van der Waals surface area contributed by atoms with Crippen LogP contribution in [0.5, 0.6) is 0 Å². The molecule has 104 valence electrons. The summed E-state index contributed by atoms with van der Waals surface area (Å²) in [7, 11) is 1.63. The Hall–Kier alpha value is -1.59. The second kappa shape index (κ2) is 4.51. The number of amides is 1. The maximum atomic E-state index is 11.9. The van der Waals surface area contributed by atoms with Crippen molar-refractivity contribution in [1.82, 2.24) is 19.7 Å². The summed E-state index contributed by atoms with van der Waals surface area (Å²) >= 11 is 0. The molecule has 1 spiro atoms. The van der Waals surface area contributed by atoms with Crippen molar-refractivity contribution in [3.63, 3.8) is 0 Å². The zero-order valence-corrected chi connectivity index (χ0v) is 11.3. The van der Waals surface area contributed by atoms with Gasteiger partial charge in [-0.2, -0.15) is 5.10 Å². The van der Waals surface area contributed by atoms with Gasteiger partial charge < -0.3 is 5.32 Å². The summed E-state index contributed by atoms with van der Waals surface area (Å²) < 4.78 is 2.57. The van der Waals surface area contributed by atoms with Gasteiger partial charge in [-0.25, -0.2) is 9.48 Å². The van der Waals surface area contributed by atoms with Crippen molar-refractivity contribution in [1.29, 1.82) is 0 Å². The minimum absolute atomic E-state index is 0.0201. The van der Waals surface area contributed by atoms with Gasteiger partial charge in [0.1, 0.15) is 12.9 Å². The standard InChI is InChI=1S/C13H20N4O2/c1-16-9-14-17(12(16)19)8-11(18)15-10-7-13(10)5-3-2-4-6-13/h9-10H,2-8H2,1H3,(H,15,18). The molecule has 2 aliphatic carbocycles. The van der Waals surface area contributed by atoms with Crippen LogP contribution in [0.3, 0.4) is 0 Å². The van der Waals surface area contributed by atoms with Crippen LogP contribution in [0.25, 0.3) is 0 Å². The van der Waals surface area contributed by atoms with Gasteiger partial charge in [0.2, 0.25) is 5.91 Å². The molecule has 1 aromatic rings. The van der Waals surface area contributed by atoms with Crippen LogP contribution < -0.4 is 11.0 Å². The van der Waals surface area contributed by atoms with Crippen molar-refractivity contribution in [3.8, 4) is 0 Å². The molecule has 19 heavy (non-hydrogen) atoms. The molecule has 0 bridgehead atoms. The molecule has 2 aliphatic rings. The van der Waals surface area contributed by atoms with Crippen molar-refractivity contribution >= 4 is 5.91 Å². The number of aromatic nitrogens is 3. The summed E-state index contributed by atoms with van der Waals surface area (Å²) in [5.41, 5.74) is 0.126. The third kappa shape index (κ3) is 2.31. The number of aryl methyl sites for hydroxylation is 1. The molecule has 0 radical (unpaired) electrons. The average molecular weight is 264 g/mol. The van der Waals surface area contributed by atoms with E-state index in [1.54, 1.807) is 7.05 Å². The van der Waals surface area contributed by atoms with E-state index in [4.69, 9.17) is 0 Å². The monoisotopic (exact) mass is 264 g/mol. The normalized spacial score (nSPS) is 24.4. The minimum Gasteiger partial charge on any atom is -0.351 e. The van der Waals surface area contributed by atoms with E-state index < -0.39 is 0 Å². The highest BCUT2D eigenvalue weighted by atomic mass is 16.2. The summed E-state index contributed by atoms with van der Waals surface area (Å²) in [6.45, 7) is 0.0201. The largest absolute Gasteiger partial charge is 0.351 e. The Kier molecular flexibility index (Phi) is 2.95. The Balaban J connectivity index is 1.55. The van der Waals surface area contributed by atoms with Crippen LogP contribution in [0.2, 0.25) is 0 Å². The Morgan fingerprint density at radius 2 is 2.21 bits per heavy atom. The van der Waals surface area contributed by atoms with E-state index in [2.05, 4.69) is 10.4 Å². The number of carbonyl (C=O) groups excluding carboxylic acids is 1. The molecule has 0 saturated heterocycles. The summed E-state index contributed by atoms with van der Waals surface area (Å²) in [6, 6.07) is 0.319. The molecule has 2 fully saturated rings. The second-order valence-corrected chi connectivity index (χ2v) is 5.93. The van der Waals surface area contributed by atoms with E-state index in [1.807, 2.05) is 0 Å².